The number of azo groups is 1. The van der Waals surface area contributed by atoms with Crippen LogP contribution in [0.3, 0.4) is 0 Å². The first-order valence-corrected chi connectivity index (χ1v) is 7.78. The van der Waals surface area contributed by atoms with Gasteiger partial charge in [0.1, 0.15) is 17.1 Å². The zero-order valence-electron chi connectivity index (χ0n) is 12.9. The molecule has 0 amide bonds. The number of rotatable bonds is 3. The average Bonchev–Trinajstić information content (AvgIpc) is 2.66. The van der Waals surface area contributed by atoms with E-state index in [1.54, 1.807) is 6.07 Å². The number of hydrogen-bond acceptors (Lipinski definition) is 5. The summed E-state index contributed by atoms with van der Waals surface area (Å²) in [4.78, 5) is 15.6. The van der Waals surface area contributed by atoms with E-state index in [4.69, 9.17) is 0 Å². The fourth-order valence-electron chi connectivity index (χ4n) is 2.91. The molecular weight excluding hydrogens is 300 g/mol. The summed E-state index contributed by atoms with van der Waals surface area (Å²) in [5.41, 5.74) is 3.49. The maximum Gasteiger partial charge on any atom is 0.136 e. The van der Waals surface area contributed by atoms with Crippen LogP contribution in [0.25, 0.3) is 10.8 Å². The van der Waals surface area contributed by atoms with Gasteiger partial charge in [-0.25, -0.2) is 0 Å². The van der Waals surface area contributed by atoms with Crippen molar-refractivity contribution in [3.63, 3.8) is 0 Å². The molecule has 0 unspecified atom stereocenters. The number of aryl methyl sites for hydroxylation is 1. The third kappa shape index (κ3) is 2.50. The van der Waals surface area contributed by atoms with Crippen LogP contribution in [0.5, 0.6) is 0 Å². The van der Waals surface area contributed by atoms with Gasteiger partial charge in [-0.1, -0.05) is 42.5 Å². The van der Waals surface area contributed by atoms with Crippen LogP contribution in [-0.2, 0) is 6.42 Å². The zero-order chi connectivity index (χ0) is 16.4. The topological polar surface area (TPSA) is 66.5 Å². The Hall–Kier alpha value is -3.21. The van der Waals surface area contributed by atoms with Crippen molar-refractivity contribution in [1.29, 1.82) is 0 Å². The maximum absolute atomic E-state index is 11.1. The van der Waals surface area contributed by atoms with Crippen molar-refractivity contribution in [1.82, 2.24) is 0 Å². The quantitative estimate of drug-likeness (QED) is 0.413. The standard InChI is InChI=1S/C19H14N4O/c24-23-17-11-10-13-5-1-2-8-15(13)19(17)22-21-16-9-3-6-14-7-4-12-20-18(14)16/h1-3,5-6,8-12H,4,7H2/b22-21+. The molecule has 0 saturated heterocycles. The van der Waals surface area contributed by atoms with Crippen molar-refractivity contribution in [2.75, 3.05) is 0 Å². The first-order chi connectivity index (χ1) is 11.9. The van der Waals surface area contributed by atoms with Crippen molar-refractivity contribution >= 4 is 39.7 Å². The van der Waals surface area contributed by atoms with Crippen LogP contribution in [0.1, 0.15) is 12.0 Å². The van der Waals surface area contributed by atoms with Gasteiger partial charge in [0.05, 0.1) is 5.69 Å². The molecule has 0 bridgehead atoms. The van der Waals surface area contributed by atoms with E-state index in [0.29, 0.717) is 11.4 Å². The Morgan fingerprint density at radius 3 is 2.71 bits per heavy atom. The molecule has 3 aromatic carbocycles. The van der Waals surface area contributed by atoms with Crippen molar-refractivity contribution < 1.29 is 0 Å². The van der Waals surface area contributed by atoms with Gasteiger partial charge in [-0.15, -0.1) is 15.1 Å². The Morgan fingerprint density at radius 2 is 1.79 bits per heavy atom. The minimum Gasteiger partial charge on any atom is -0.259 e. The Balaban J connectivity index is 1.85. The molecule has 0 saturated carbocycles. The predicted molar refractivity (Wildman–Crippen MR) is 96.5 cm³/mol. The molecule has 5 heteroatoms. The molecule has 1 heterocycles. The smallest absolute Gasteiger partial charge is 0.136 e. The SMILES string of the molecule is O=Nc1ccc2ccccc2c1/N=N/c1cccc2c1N=CCC2. The summed E-state index contributed by atoms with van der Waals surface area (Å²) < 4.78 is 0. The first-order valence-electron chi connectivity index (χ1n) is 7.78. The van der Waals surface area contributed by atoms with Crippen LogP contribution in [0.15, 0.2) is 75.0 Å². The molecule has 0 fully saturated rings. The second-order valence-electron chi connectivity index (χ2n) is 5.58. The van der Waals surface area contributed by atoms with Gasteiger partial charge in [-0.05, 0) is 41.1 Å². The predicted octanol–water partition coefficient (Wildman–Crippen LogP) is 6.30. The van der Waals surface area contributed by atoms with Gasteiger partial charge in [0.15, 0.2) is 0 Å². The van der Waals surface area contributed by atoms with E-state index in [-0.39, 0.29) is 5.69 Å². The number of aliphatic imine (C=N–C) groups is 1. The molecule has 0 aromatic heterocycles. The highest BCUT2D eigenvalue weighted by atomic mass is 16.3. The molecule has 5 nitrogen and oxygen atoms in total. The summed E-state index contributed by atoms with van der Waals surface area (Å²) in [6, 6.07) is 17.2. The van der Waals surface area contributed by atoms with Crippen molar-refractivity contribution in [3.8, 4) is 0 Å². The summed E-state index contributed by atoms with van der Waals surface area (Å²) in [5, 5.41) is 13.6. The van der Waals surface area contributed by atoms with Crippen LogP contribution in [-0.4, -0.2) is 6.21 Å². The second kappa shape index (κ2) is 6.12. The summed E-state index contributed by atoms with van der Waals surface area (Å²) in [6.45, 7) is 0. The lowest BCUT2D eigenvalue weighted by atomic mass is 10.0. The van der Waals surface area contributed by atoms with Crippen molar-refractivity contribution in [3.05, 3.63) is 65.1 Å². The lowest BCUT2D eigenvalue weighted by molar-refractivity contribution is 1.02. The number of nitrogens with zero attached hydrogens (tertiary/aromatic N) is 4. The molecule has 1 aliphatic rings. The lowest BCUT2D eigenvalue weighted by Gasteiger charge is -2.10. The van der Waals surface area contributed by atoms with Crippen LogP contribution in [0, 0.1) is 4.91 Å². The minimum absolute atomic E-state index is 0.283. The molecule has 1 aliphatic heterocycles. The molecule has 0 radical (unpaired) electrons. The van der Waals surface area contributed by atoms with Gasteiger partial charge in [-0.2, -0.15) is 0 Å². The summed E-state index contributed by atoms with van der Waals surface area (Å²) >= 11 is 0. The number of benzene rings is 3. The normalized spacial score (nSPS) is 13.3. The van der Waals surface area contributed by atoms with E-state index >= 15 is 0 Å². The molecule has 24 heavy (non-hydrogen) atoms. The van der Waals surface area contributed by atoms with E-state index in [1.807, 2.05) is 48.7 Å². The first kappa shape index (κ1) is 14.4. The van der Waals surface area contributed by atoms with Gasteiger partial charge in [0, 0.05) is 11.6 Å². The number of para-hydroxylation sites is 1. The monoisotopic (exact) mass is 314 g/mol. The third-order valence-electron chi connectivity index (χ3n) is 4.10. The van der Waals surface area contributed by atoms with Gasteiger partial charge in [-0.3, -0.25) is 4.99 Å². The molecule has 0 aliphatic carbocycles. The van der Waals surface area contributed by atoms with E-state index in [9.17, 15) is 4.91 Å². The highest BCUT2D eigenvalue weighted by molar-refractivity contribution is 5.97. The summed E-state index contributed by atoms with van der Waals surface area (Å²) in [7, 11) is 0. The average molecular weight is 314 g/mol. The molecule has 3 aromatic rings. The van der Waals surface area contributed by atoms with E-state index in [1.165, 1.54) is 5.56 Å². The van der Waals surface area contributed by atoms with Gasteiger partial charge in [0.25, 0.3) is 0 Å². The highest BCUT2D eigenvalue weighted by Gasteiger charge is 2.11. The van der Waals surface area contributed by atoms with Crippen molar-refractivity contribution in [2.45, 2.75) is 12.8 Å². The van der Waals surface area contributed by atoms with Crippen LogP contribution < -0.4 is 0 Å². The summed E-state index contributed by atoms with van der Waals surface area (Å²) in [6.07, 6.45) is 3.80. The minimum atomic E-state index is 0.283. The number of nitroso groups, excluding NO2 is 1. The Kier molecular flexibility index (Phi) is 3.67. The molecule has 0 N–H and O–H groups in total. The van der Waals surface area contributed by atoms with Crippen LogP contribution in [0.4, 0.5) is 22.7 Å². The zero-order valence-corrected chi connectivity index (χ0v) is 12.9. The van der Waals surface area contributed by atoms with Crippen molar-refractivity contribution in [2.24, 2.45) is 20.4 Å². The molecule has 4 rings (SSSR count). The van der Waals surface area contributed by atoms with E-state index < -0.39 is 0 Å². The van der Waals surface area contributed by atoms with Gasteiger partial charge < -0.3 is 0 Å². The number of hydrogen-bond donors (Lipinski definition) is 0. The molecule has 0 spiro atoms. The molecular formula is C19H14N4O. The van der Waals surface area contributed by atoms with Gasteiger partial charge in [0.2, 0.25) is 0 Å². The number of fused-ring (bicyclic) bond motifs is 2. The Labute approximate surface area is 138 Å². The highest BCUT2D eigenvalue weighted by Crippen LogP contribution is 2.39. The fraction of sp³-hybridized carbons (Fsp3) is 0.105. The fourth-order valence-corrected chi connectivity index (χ4v) is 2.91. The Morgan fingerprint density at radius 1 is 0.875 bits per heavy atom. The largest absolute Gasteiger partial charge is 0.259 e. The van der Waals surface area contributed by atoms with E-state index in [0.717, 1.165) is 29.3 Å². The van der Waals surface area contributed by atoms with Gasteiger partial charge >= 0.3 is 0 Å². The maximum atomic E-state index is 11.1. The Bertz CT molecular complexity index is 992. The molecule has 116 valence electrons. The second-order valence-corrected chi connectivity index (χ2v) is 5.58. The van der Waals surface area contributed by atoms with E-state index in [2.05, 4.69) is 26.5 Å². The lowest BCUT2D eigenvalue weighted by Crippen LogP contribution is -1.92. The summed E-state index contributed by atoms with van der Waals surface area (Å²) in [5.74, 6) is 0. The third-order valence-corrected chi connectivity index (χ3v) is 4.10. The van der Waals surface area contributed by atoms with Crippen LogP contribution >= 0.6 is 0 Å². The van der Waals surface area contributed by atoms with Crippen LogP contribution in [0.2, 0.25) is 0 Å². The molecule has 0 atom stereocenters.